The standard InChI is InChI=1S/C31H24N2.C17H10NS.Ir/c1-2-11-26(12-3-1)30-20-18-24(23-33-30)17-19-25-10-4-5-13-27(25)22-28-14-6-7-15-29(28)31-16-8-9-21-32-31;1-2-10-16-12(6-1)13-7-5-8-14(17(13)19-16)15-9-3-4-11-18-15;/h1-11,13-14,16,18,20-21,23H,17,19,22H2;1-7,9-11H;/q-2;-1;+3. The molecule has 4 aromatic heterocycles. The summed E-state index contributed by atoms with van der Waals surface area (Å²) in [5, 5.41) is 2.61. The van der Waals surface area contributed by atoms with Gasteiger partial charge in [-0.15, -0.1) is 95.1 Å². The smallest absolute Gasteiger partial charge is 0.305 e. The minimum absolute atomic E-state index is 0. The van der Waals surface area contributed by atoms with Crippen LogP contribution in [0.3, 0.4) is 0 Å². The molecule has 0 aliphatic rings. The summed E-state index contributed by atoms with van der Waals surface area (Å²) < 4.78 is 2.58. The first-order valence-electron chi connectivity index (χ1n) is 17.4. The van der Waals surface area contributed by atoms with Crippen molar-refractivity contribution < 1.29 is 20.1 Å². The number of benzene rings is 5. The Labute approximate surface area is 328 Å². The van der Waals surface area contributed by atoms with Gasteiger partial charge < -0.3 is 15.0 Å². The zero-order valence-corrected chi connectivity index (χ0v) is 32.1. The Morgan fingerprint density at radius 1 is 0.472 bits per heavy atom. The van der Waals surface area contributed by atoms with Crippen molar-refractivity contribution in [3.63, 3.8) is 0 Å². The first-order valence-corrected chi connectivity index (χ1v) is 18.2. The second-order valence-corrected chi connectivity index (χ2v) is 13.5. The van der Waals surface area contributed by atoms with Gasteiger partial charge in [0.25, 0.3) is 0 Å². The van der Waals surface area contributed by atoms with Crippen molar-refractivity contribution in [1.82, 2.24) is 15.0 Å². The molecular weight excluding hydrogens is 843 g/mol. The fourth-order valence-electron chi connectivity index (χ4n) is 6.50. The fraction of sp³-hybridized carbons (Fsp3) is 0.0625. The van der Waals surface area contributed by atoms with E-state index >= 15 is 0 Å². The number of hydrogen-bond acceptors (Lipinski definition) is 4. The van der Waals surface area contributed by atoms with E-state index < -0.39 is 0 Å². The molecular formula is C48H34IrN3S. The molecule has 0 aliphatic carbocycles. The van der Waals surface area contributed by atoms with Gasteiger partial charge >= 0.3 is 20.1 Å². The zero-order chi connectivity index (χ0) is 35.0. The maximum Gasteiger partial charge on any atom is 3.00 e. The van der Waals surface area contributed by atoms with Crippen LogP contribution >= 0.6 is 11.3 Å². The van der Waals surface area contributed by atoms with Gasteiger partial charge in [-0.3, -0.25) is 0 Å². The summed E-state index contributed by atoms with van der Waals surface area (Å²) in [6.45, 7) is 0. The first kappa shape index (κ1) is 35.8. The number of hydrogen-bond donors (Lipinski definition) is 0. The van der Waals surface area contributed by atoms with Gasteiger partial charge in [0.05, 0.1) is 0 Å². The number of fused-ring (bicyclic) bond motifs is 3. The van der Waals surface area contributed by atoms with Crippen LogP contribution in [0.4, 0.5) is 0 Å². The van der Waals surface area contributed by atoms with Crippen molar-refractivity contribution in [2.75, 3.05) is 0 Å². The second-order valence-electron chi connectivity index (χ2n) is 12.5. The Balaban J connectivity index is 0.000000184. The van der Waals surface area contributed by atoms with E-state index in [0.29, 0.717) is 0 Å². The number of thiophene rings is 1. The molecule has 0 unspecified atom stereocenters. The molecule has 0 atom stereocenters. The first-order chi connectivity index (χ1) is 25.8. The average Bonchev–Trinajstić information content (AvgIpc) is 3.61. The van der Waals surface area contributed by atoms with Crippen LogP contribution in [-0.2, 0) is 39.4 Å². The van der Waals surface area contributed by atoms with E-state index in [1.165, 1.54) is 42.4 Å². The summed E-state index contributed by atoms with van der Waals surface area (Å²) >= 11 is 1.81. The number of nitrogens with zero attached hydrogens (tertiary/aromatic N) is 3. The summed E-state index contributed by atoms with van der Waals surface area (Å²) in [6, 6.07) is 61.8. The van der Waals surface area contributed by atoms with Crippen molar-refractivity contribution in [3.05, 3.63) is 211 Å². The molecule has 0 fully saturated rings. The third-order valence-corrected chi connectivity index (χ3v) is 10.3. The van der Waals surface area contributed by atoms with E-state index in [4.69, 9.17) is 0 Å². The molecule has 0 N–H and O–H groups in total. The van der Waals surface area contributed by atoms with Gasteiger partial charge in [0.15, 0.2) is 0 Å². The van der Waals surface area contributed by atoms with Crippen LogP contribution in [0.1, 0.15) is 22.3 Å². The molecule has 0 radical (unpaired) electrons. The largest absolute Gasteiger partial charge is 3.00 e. The molecule has 9 aromatic rings. The summed E-state index contributed by atoms with van der Waals surface area (Å²) in [4.78, 5) is 13.6. The Morgan fingerprint density at radius 3 is 1.92 bits per heavy atom. The van der Waals surface area contributed by atoms with Crippen molar-refractivity contribution >= 4 is 31.5 Å². The minimum Gasteiger partial charge on any atom is -0.305 e. The van der Waals surface area contributed by atoms with Crippen molar-refractivity contribution in [1.29, 1.82) is 0 Å². The van der Waals surface area contributed by atoms with Crippen molar-refractivity contribution in [2.45, 2.75) is 19.3 Å². The molecule has 4 heterocycles. The predicted molar refractivity (Wildman–Crippen MR) is 215 cm³/mol. The quantitative estimate of drug-likeness (QED) is 0.143. The van der Waals surface area contributed by atoms with Crippen LogP contribution in [-0.4, -0.2) is 15.0 Å². The summed E-state index contributed by atoms with van der Waals surface area (Å²) in [5.74, 6) is 0. The van der Waals surface area contributed by atoms with Gasteiger partial charge in [-0.1, -0.05) is 84.2 Å². The monoisotopic (exact) mass is 877 g/mol. The molecule has 0 saturated heterocycles. The molecule has 5 heteroatoms. The maximum absolute atomic E-state index is 4.65. The topological polar surface area (TPSA) is 38.7 Å². The molecule has 256 valence electrons. The van der Waals surface area contributed by atoms with E-state index in [2.05, 4.69) is 112 Å². The molecule has 0 amide bonds. The third-order valence-electron chi connectivity index (χ3n) is 9.12. The Morgan fingerprint density at radius 2 is 1.17 bits per heavy atom. The van der Waals surface area contributed by atoms with Gasteiger partial charge in [-0.05, 0) is 81.3 Å². The van der Waals surface area contributed by atoms with Crippen LogP contribution in [0.5, 0.6) is 0 Å². The van der Waals surface area contributed by atoms with Gasteiger partial charge in [0, 0.05) is 23.3 Å². The van der Waals surface area contributed by atoms with Crippen molar-refractivity contribution in [3.8, 4) is 33.8 Å². The average molecular weight is 877 g/mol. The van der Waals surface area contributed by atoms with Crippen LogP contribution in [0, 0.1) is 18.2 Å². The van der Waals surface area contributed by atoms with E-state index in [1.807, 2.05) is 103 Å². The summed E-state index contributed by atoms with van der Waals surface area (Å²) in [5.41, 5.74) is 11.3. The normalized spacial score (nSPS) is 10.7. The molecule has 0 saturated carbocycles. The Kier molecular flexibility index (Phi) is 11.7. The van der Waals surface area contributed by atoms with Gasteiger partial charge in [-0.2, -0.15) is 11.3 Å². The molecule has 0 bridgehead atoms. The molecule has 0 spiro atoms. The minimum atomic E-state index is 0. The zero-order valence-electron chi connectivity index (χ0n) is 28.9. The SMILES string of the molecule is [Ir+3].[c-]1ccc2c(sc3ccccc32)c1-c1ccccn1.[c-]1ccccc1-c1ccc(CCc2ccccc2Cc2ccc[c-]c2-c2ccccn2)cn1. The number of aromatic nitrogens is 3. The second kappa shape index (κ2) is 17.3. The van der Waals surface area contributed by atoms with E-state index in [1.54, 1.807) is 0 Å². The van der Waals surface area contributed by atoms with Crippen LogP contribution in [0.15, 0.2) is 170 Å². The summed E-state index contributed by atoms with van der Waals surface area (Å²) in [7, 11) is 0. The molecule has 9 rings (SSSR count). The fourth-order valence-corrected chi connectivity index (χ4v) is 7.71. The third kappa shape index (κ3) is 8.40. The van der Waals surface area contributed by atoms with Crippen LogP contribution < -0.4 is 0 Å². The van der Waals surface area contributed by atoms with Gasteiger partial charge in [0.1, 0.15) is 0 Å². The molecule has 0 aliphatic heterocycles. The number of pyridine rings is 3. The Hall–Kier alpha value is -5.58. The van der Waals surface area contributed by atoms with Crippen LogP contribution in [0.25, 0.3) is 53.9 Å². The molecule has 3 nitrogen and oxygen atoms in total. The van der Waals surface area contributed by atoms with Crippen molar-refractivity contribution in [2.24, 2.45) is 0 Å². The molecule has 5 aromatic carbocycles. The van der Waals surface area contributed by atoms with Gasteiger partial charge in [0.2, 0.25) is 0 Å². The number of rotatable bonds is 8. The van der Waals surface area contributed by atoms with Crippen LogP contribution in [0.2, 0.25) is 0 Å². The van der Waals surface area contributed by atoms with E-state index in [9.17, 15) is 0 Å². The van der Waals surface area contributed by atoms with Gasteiger partial charge in [-0.25, -0.2) is 0 Å². The molecule has 53 heavy (non-hydrogen) atoms. The maximum atomic E-state index is 4.65. The van der Waals surface area contributed by atoms with E-state index in [0.717, 1.165) is 53.0 Å². The summed E-state index contributed by atoms with van der Waals surface area (Å²) in [6.07, 6.45) is 8.45. The number of aryl methyl sites for hydroxylation is 2. The Bertz CT molecular complexity index is 2530. The van der Waals surface area contributed by atoms with E-state index in [-0.39, 0.29) is 20.1 Å². The predicted octanol–water partition coefficient (Wildman–Crippen LogP) is 11.7.